The zero-order valence-corrected chi connectivity index (χ0v) is 22.8. The Morgan fingerprint density at radius 2 is 1.76 bits per heavy atom. The predicted octanol–water partition coefficient (Wildman–Crippen LogP) is 5.56. The maximum atomic E-state index is 13.4. The Hall–Kier alpha value is -3.52. The largest absolute Gasteiger partial charge is 0.507 e. The summed E-state index contributed by atoms with van der Waals surface area (Å²) in [6.45, 7) is 1.13. The first kappa shape index (κ1) is 27.5. The summed E-state index contributed by atoms with van der Waals surface area (Å²) in [5, 5.41) is 11.9. The van der Waals surface area contributed by atoms with Crippen LogP contribution in [0.3, 0.4) is 0 Å². The second-order valence-electron chi connectivity index (χ2n) is 9.11. The number of Topliss-reactive ketones (excluding diaryl/α,β-unsaturated/α-hetero) is 1. The molecule has 3 aromatic carbocycles. The van der Waals surface area contributed by atoms with E-state index in [2.05, 4.69) is 0 Å². The lowest BCUT2D eigenvalue weighted by Crippen LogP contribution is -2.35. The van der Waals surface area contributed by atoms with Gasteiger partial charge >= 0.3 is 0 Å². The first-order valence-electron chi connectivity index (χ1n) is 11.9. The molecule has 1 atom stereocenters. The van der Waals surface area contributed by atoms with Gasteiger partial charge in [-0.1, -0.05) is 65.7 Å². The van der Waals surface area contributed by atoms with Crippen LogP contribution in [0.4, 0.5) is 0 Å². The normalized spacial score (nSPS) is 16.8. The van der Waals surface area contributed by atoms with Gasteiger partial charge in [-0.2, -0.15) is 0 Å². The minimum absolute atomic E-state index is 0.0781. The number of ketones is 1. The number of aliphatic hydroxyl groups is 1. The lowest BCUT2D eigenvalue weighted by atomic mass is 9.94. The van der Waals surface area contributed by atoms with Crippen molar-refractivity contribution in [1.29, 1.82) is 0 Å². The van der Waals surface area contributed by atoms with Crippen LogP contribution in [0.5, 0.6) is 11.5 Å². The van der Waals surface area contributed by atoms with Crippen LogP contribution in [0.25, 0.3) is 5.76 Å². The number of aliphatic hydroxyl groups excluding tert-OH is 1. The van der Waals surface area contributed by atoms with Gasteiger partial charge in [-0.05, 0) is 49.5 Å². The number of hydrogen-bond donors (Lipinski definition) is 1. The highest BCUT2D eigenvalue weighted by Gasteiger charge is 2.46. The van der Waals surface area contributed by atoms with Crippen LogP contribution >= 0.6 is 23.2 Å². The highest BCUT2D eigenvalue weighted by molar-refractivity contribution is 6.46. The molecule has 4 rings (SSSR count). The van der Waals surface area contributed by atoms with Crippen LogP contribution < -0.4 is 9.47 Å². The molecule has 198 valence electrons. The molecule has 1 heterocycles. The molecule has 7 nitrogen and oxygen atoms in total. The summed E-state index contributed by atoms with van der Waals surface area (Å²) in [7, 11) is 5.15. The van der Waals surface area contributed by atoms with Gasteiger partial charge in [0.2, 0.25) is 0 Å². The number of rotatable bonds is 9. The Balaban J connectivity index is 1.81. The number of nitrogens with zero attached hydrogens (tertiary/aromatic N) is 2. The number of benzene rings is 3. The summed E-state index contributed by atoms with van der Waals surface area (Å²) in [5.41, 5.74) is 1.66. The van der Waals surface area contributed by atoms with E-state index in [1.807, 2.05) is 49.3 Å². The fourth-order valence-corrected chi connectivity index (χ4v) is 4.94. The minimum atomic E-state index is -0.863. The van der Waals surface area contributed by atoms with Gasteiger partial charge in [0, 0.05) is 18.1 Å². The summed E-state index contributed by atoms with van der Waals surface area (Å²) < 4.78 is 11.4. The van der Waals surface area contributed by atoms with E-state index in [0.29, 0.717) is 24.5 Å². The molecule has 0 saturated carbocycles. The second kappa shape index (κ2) is 11.9. The van der Waals surface area contributed by atoms with Gasteiger partial charge in [-0.3, -0.25) is 9.59 Å². The molecule has 1 aliphatic rings. The van der Waals surface area contributed by atoms with Crippen LogP contribution in [0, 0.1) is 0 Å². The highest BCUT2D eigenvalue weighted by atomic mass is 35.5. The van der Waals surface area contributed by atoms with Crippen molar-refractivity contribution in [1.82, 2.24) is 9.80 Å². The number of halogens is 2. The van der Waals surface area contributed by atoms with Gasteiger partial charge in [0.15, 0.2) is 0 Å². The Morgan fingerprint density at radius 3 is 2.45 bits per heavy atom. The van der Waals surface area contributed by atoms with Gasteiger partial charge in [-0.25, -0.2) is 0 Å². The zero-order valence-electron chi connectivity index (χ0n) is 21.3. The average Bonchev–Trinajstić information content (AvgIpc) is 3.15. The summed E-state index contributed by atoms with van der Waals surface area (Å²) in [5.74, 6) is -1.22. The number of methoxy groups -OCH3 is 1. The fraction of sp³-hybridized carbons (Fsp3) is 0.241. The Morgan fingerprint density at radius 1 is 1.03 bits per heavy atom. The molecule has 0 aromatic heterocycles. The lowest BCUT2D eigenvalue weighted by molar-refractivity contribution is -0.140. The van der Waals surface area contributed by atoms with Crippen LogP contribution in [0.15, 0.2) is 72.3 Å². The van der Waals surface area contributed by atoms with Crippen molar-refractivity contribution in [3.05, 3.63) is 99.0 Å². The predicted molar refractivity (Wildman–Crippen MR) is 148 cm³/mol. The SMILES string of the molecule is COc1c(Cl)cc(Cl)cc1/C(O)=C1\C(=O)C(=O)N(CCN(C)C)C1c1cccc(OCc2ccccc2)c1. The molecule has 3 aromatic rings. The Bertz CT molecular complexity index is 1370. The van der Waals surface area contributed by atoms with Crippen molar-refractivity contribution in [2.45, 2.75) is 12.6 Å². The minimum Gasteiger partial charge on any atom is -0.507 e. The standard InChI is InChI=1S/C29H28Cl2N2O5/c1-32(2)12-13-33-25(19-10-7-11-21(14-19)38-17-18-8-5-4-6-9-18)24(27(35)29(33)36)26(34)22-15-20(30)16-23(31)28(22)37-3/h4-11,14-16,25,34H,12-13,17H2,1-3H3/b26-24+. The Kier molecular flexibility index (Phi) is 8.62. The third-order valence-electron chi connectivity index (χ3n) is 6.22. The molecule has 1 saturated heterocycles. The number of likely N-dealkylation sites (N-methyl/N-ethyl adjacent to an activating group) is 1. The molecule has 1 amide bonds. The van der Waals surface area contributed by atoms with E-state index >= 15 is 0 Å². The summed E-state index contributed by atoms with van der Waals surface area (Å²) >= 11 is 12.5. The molecular formula is C29H28Cl2N2O5. The summed E-state index contributed by atoms with van der Waals surface area (Å²) in [6, 6.07) is 18.9. The number of hydrogen-bond acceptors (Lipinski definition) is 6. The zero-order chi connectivity index (χ0) is 27.4. The molecule has 9 heteroatoms. The molecule has 0 bridgehead atoms. The molecule has 0 radical (unpaired) electrons. The van der Waals surface area contributed by atoms with Crippen LogP contribution in [-0.2, 0) is 16.2 Å². The molecule has 1 fully saturated rings. The highest BCUT2D eigenvalue weighted by Crippen LogP contribution is 2.43. The maximum absolute atomic E-state index is 13.4. The topological polar surface area (TPSA) is 79.3 Å². The summed E-state index contributed by atoms with van der Waals surface area (Å²) in [6.07, 6.45) is 0. The molecule has 1 aliphatic heterocycles. The first-order chi connectivity index (χ1) is 18.2. The average molecular weight is 555 g/mol. The van der Waals surface area contributed by atoms with Crippen molar-refractivity contribution >= 4 is 40.7 Å². The van der Waals surface area contributed by atoms with E-state index < -0.39 is 23.5 Å². The van der Waals surface area contributed by atoms with Gasteiger partial charge in [0.1, 0.15) is 23.9 Å². The van der Waals surface area contributed by atoms with E-state index in [1.54, 1.807) is 24.3 Å². The van der Waals surface area contributed by atoms with E-state index in [1.165, 1.54) is 24.1 Å². The van der Waals surface area contributed by atoms with Gasteiger partial charge < -0.3 is 24.4 Å². The van der Waals surface area contributed by atoms with Gasteiger partial charge in [0.05, 0.1) is 29.3 Å². The molecule has 1 N–H and O–H groups in total. The fourth-order valence-electron chi connectivity index (χ4n) is 4.37. The smallest absolute Gasteiger partial charge is 0.295 e. The molecule has 1 unspecified atom stereocenters. The molecular weight excluding hydrogens is 527 g/mol. The van der Waals surface area contributed by atoms with Gasteiger partial charge in [-0.15, -0.1) is 0 Å². The molecule has 38 heavy (non-hydrogen) atoms. The van der Waals surface area contributed by atoms with E-state index in [-0.39, 0.29) is 33.5 Å². The van der Waals surface area contributed by atoms with Crippen LogP contribution in [0.2, 0.25) is 10.0 Å². The van der Waals surface area contributed by atoms with Crippen molar-refractivity contribution < 1.29 is 24.2 Å². The quantitative estimate of drug-likeness (QED) is 0.212. The van der Waals surface area contributed by atoms with Crippen molar-refractivity contribution in [3.63, 3.8) is 0 Å². The van der Waals surface area contributed by atoms with Crippen LogP contribution in [-0.4, -0.2) is 60.9 Å². The monoisotopic (exact) mass is 554 g/mol. The number of likely N-dealkylation sites (tertiary alicyclic amines) is 1. The van der Waals surface area contributed by atoms with Crippen LogP contribution in [0.1, 0.15) is 22.7 Å². The van der Waals surface area contributed by atoms with E-state index in [4.69, 9.17) is 32.7 Å². The van der Waals surface area contributed by atoms with Crippen molar-refractivity contribution in [2.75, 3.05) is 34.3 Å². The second-order valence-corrected chi connectivity index (χ2v) is 9.95. The number of carbonyl (C=O) groups is 2. The lowest BCUT2D eigenvalue weighted by Gasteiger charge is -2.27. The maximum Gasteiger partial charge on any atom is 0.295 e. The molecule has 0 spiro atoms. The van der Waals surface area contributed by atoms with E-state index in [9.17, 15) is 14.7 Å². The number of carbonyl (C=O) groups excluding carboxylic acids is 2. The number of amides is 1. The van der Waals surface area contributed by atoms with Gasteiger partial charge in [0.25, 0.3) is 11.7 Å². The Labute approximate surface area is 231 Å². The molecule has 0 aliphatic carbocycles. The third kappa shape index (κ3) is 5.80. The van der Waals surface area contributed by atoms with E-state index in [0.717, 1.165) is 5.56 Å². The first-order valence-corrected chi connectivity index (χ1v) is 12.7. The van der Waals surface area contributed by atoms with Crippen molar-refractivity contribution in [3.8, 4) is 11.5 Å². The third-order valence-corrected chi connectivity index (χ3v) is 6.72. The number of ether oxygens (including phenoxy) is 2. The summed E-state index contributed by atoms with van der Waals surface area (Å²) in [4.78, 5) is 30.0. The van der Waals surface area contributed by atoms with Crippen molar-refractivity contribution in [2.24, 2.45) is 0 Å².